The first kappa shape index (κ1) is 9.74. The van der Waals surface area contributed by atoms with E-state index < -0.39 is 8.32 Å². The Kier molecular flexibility index (Phi) is 2.70. The average molecular weight is 156 g/mol. The van der Waals surface area contributed by atoms with Gasteiger partial charge in [0.2, 0.25) is 0 Å². The van der Waals surface area contributed by atoms with E-state index in [0.717, 1.165) is 0 Å². The van der Waals surface area contributed by atoms with Crippen LogP contribution >= 0.6 is 0 Å². The molecule has 0 aromatic heterocycles. The number of rotatable bonds is 2. The van der Waals surface area contributed by atoms with Crippen LogP contribution in [0.1, 0.15) is 13.8 Å². The minimum absolute atomic E-state index is 0.384. The standard InChI is InChI=1S/C8H16OSi/c1-7-8(2,3)9-10(4,5)6/h1H,2-6H3. The van der Waals surface area contributed by atoms with Gasteiger partial charge in [-0.05, 0) is 33.5 Å². The summed E-state index contributed by atoms with van der Waals surface area (Å²) in [7, 11) is -1.46. The van der Waals surface area contributed by atoms with Crippen molar-refractivity contribution in [3.8, 4) is 12.3 Å². The number of hydrogen-bond donors (Lipinski definition) is 0. The lowest BCUT2D eigenvalue weighted by atomic mass is 10.2. The molecule has 0 aromatic rings. The highest BCUT2D eigenvalue weighted by Gasteiger charge is 2.24. The van der Waals surface area contributed by atoms with Crippen LogP contribution in [0.5, 0.6) is 0 Å². The maximum absolute atomic E-state index is 5.68. The van der Waals surface area contributed by atoms with Crippen LogP contribution in [0.25, 0.3) is 0 Å². The number of terminal acetylenes is 1. The van der Waals surface area contributed by atoms with Gasteiger partial charge in [0.15, 0.2) is 8.32 Å². The van der Waals surface area contributed by atoms with E-state index in [1.807, 2.05) is 13.8 Å². The van der Waals surface area contributed by atoms with Crippen LogP contribution in [0.2, 0.25) is 19.6 Å². The molecule has 58 valence electrons. The molecule has 10 heavy (non-hydrogen) atoms. The quantitative estimate of drug-likeness (QED) is 0.440. The fourth-order valence-corrected chi connectivity index (χ4v) is 2.38. The molecule has 0 aliphatic heterocycles. The average Bonchev–Trinajstić information content (AvgIpc) is 1.60. The van der Waals surface area contributed by atoms with Crippen LogP contribution in [0.4, 0.5) is 0 Å². The van der Waals surface area contributed by atoms with Crippen LogP contribution in [0, 0.1) is 12.3 Å². The van der Waals surface area contributed by atoms with Crippen molar-refractivity contribution < 1.29 is 4.43 Å². The summed E-state index contributed by atoms with van der Waals surface area (Å²) in [5.41, 5.74) is -0.384. The Hall–Kier alpha value is -0.263. The van der Waals surface area contributed by atoms with Crippen molar-refractivity contribution in [2.45, 2.75) is 39.1 Å². The minimum atomic E-state index is -1.46. The molecule has 0 aromatic carbocycles. The van der Waals surface area contributed by atoms with Gasteiger partial charge in [-0.1, -0.05) is 5.92 Å². The molecule has 0 atom stereocenters. The van der Waals surface area contributed by atoms with Crippen LogP contribution in [-0.2, 0) is 4.43 Å². The molecule has 1 nitrogen and oxygen atoms in total. The largest absolute Gasteiger partial charge is 0.402 e. The molecule has 0 fully saturated rings. The van der Waals surface area contributed by atoms with E-state index in [4.69, 9.17) is 10.8 Å². The predicted octanol–water partition coefficient (Wildman–Crippen LogP) is 2.25. The van der Waals surface area contributed by atoms with Crippen molar-refractivity contribution in [3.05, 3.63) is 0 Å². The Bertz CT molecular complexity index is 148. The maximum atomic E-state index is 5.68. The molecule has 0 N–H and O–H groups in total. The van der Waals surface area contributed by atoms with Gasteiger partial charge < -0.3 is 4.43 Å². The molecular formula is C8H16OSi. The Morgan fingerprint density at radius 3 is 1.80 bits per heavy atom. The normalized spacial score (nSPS) is 12.8. The van der Waals surface area contributed by atoms with Crippen molar-refractivity contribution in [3.63, 3.8) is 0 Å². The van der Waals surface area contributed by atoms with E-state index in [-0.39, 0.29) is 5.60 Å². The summed E-state index contributed by atoms with van der Waals surface area (Å²) in [4.78, 5) is 0. The lowest BCUT2D eigenvalue weighted by Gasteiger charge is -2.28. The zero-order valence-corrected chi connectivity index (χ0v) is 8.49. The Labute approximate surface area is 64.9 Å². The van der Waals surface area contributed by atoms with Crippen molar-refractivity contribution in [2.24, 2.45) is 0 Å². The molecule has 0 aliphatic rings. The first-order valence-electron chi connectivity index (χ1n) is 3.45. The first-order valence-corrected chi connectivity index (χ1v) is 6.86. The second-order valence-electron chi connectivity index (χ2n) is 3.87. The van der Waals surface area contributed by atoms with Crippen molar-refractivity contribution in [1.82, 2.24) is 0 Å². The molecule has 0 amide bonds. The van der Waals surface area contributed by atoms with Crippen molar-refractivity contribution in [1.29, 1.82) is 0 Å². The Balaban J connectivity index is 4.05. The molecule has 0 bridgehead atoms. The molecule has 0 heterocycles. The number of hydrogen-bond acceptors (Lipinski definition) is 1. The summed E-state index contributed by atoms with van der Waals surface area (Å²) < 4.78 is 5.68. The maximum Gasteiger partial charge on any atom is 0.185 e. The van der Waals surface area contributed by atoms with E-state index in [9.17, 15) is 0 Å². The third-order valence-corrected chi connectivity index (χ3v) is 2.03. The molecule has 0 spiro atoms. The van der Waals surface area contributed by atoms with E-state index in [1.54, 1.807) is 0 Å². The molecule has 0 rings (SSSR count). The second-order valence-corrected chi connectivity index (χ2v) is 8.30. The molecular weight excluding hydrogens is 140 g/mol. The smallest absolute Gasteiger partial charge is 0.185 e. The highest BCUT2D eigenvalue weighted by atomic mass is 28.4. The van der Waals surface area contributed by atoms with Gasteiger partial charge in [-0.25, -0.2) is 0 Å². The first-order chi connectivity index (χ1) is 4.27. The SMILES string of the molecule is C#CC(C)(C)O[Si](C)(C)C. The van der Waals surface area contributed by atoms with Gasteiger partial charge in [-0.2, -0.15) is 0 Å². The summed E-state index contributed by atoms with van der Waals surface area (Å²) in [5, 5.41) is 0. The second kappa shape index (κ2) is 2.77. The topological polar surface area (TPSA) is 9.23 Å². The van der Waals surface area contributed by atoms with Crippen LogP contribution in [0.15, 0.2) is 0 Å². The van der Waals surface area contributed by atoms with Gasteiger partial charge in [-0.15, -0.1) is 6.42 Å². The highest BCUT2D eigenvalue weighted by Crippen LogP contribution is 2.15. The monoisotopic (exact) mass is 156 g/mol. The molecule has 0 radical (unpaired) electrons. The molecule has 0 saturated carbocycles. The summed E-state index contributed by atoms with van der Waals surface area (Å²) in [5.74, 6) is 2.61. The summed E-state index contributed by atoms with van der Waals surface area (Å²) in [6.07, 6.45) is 5.26. The Morgan fingerprint density at radius 2 is 1.70 bits per heavy atom. The van der Waals surface area contributed by atoms with Gasteiger partial charge >= 0.3 is 0 Å². The summed E-state index contributed by atoms with van der Waals surface area (Å²) in [6.45, 7) is 10.2. The predicted molar refractivity (Wildman–Crippen MR) is 47.3 cm³/mol. The van der Waals surface area contributed by atoms with Gasteiger partial charge in [-0.3, -0.25) is 0 Å². The van der Waals surface area contributed by atoms with E-state index in [0.29, 0.717) is 0 Å². The fourth-order valence-electron chi connectivity index (χ4n) is 0.795. The fraction of sp³-hybridized carbons (Fsp3) is 0.750. The molecule has 2 heteroatoms. The van der Waals surface area contributed by atoms with Crippen LogP contribution < -0.4 is 0 Å². The summed E-state index contributed by atoms with van der Waals surface area (Å²) >= 11 is 0. The van der Waals surface area contributed by atoms with Gasteiger partial charge in [0.05, 0.1) is 0 Å². The molecule has 0 aliphatic carbocycles. The van der Waals surface area contributed by atoms with E-state index >= 15 is 0 Å². The zero-order valence-electron chi connectivity index (χ0n) is 7.49. The lowest BCUT2D eigenvalue weighted by molar-refractivity contribution is 0.164. The van der Waals surface area contributed by atoms with Crippen LogP contribution in [-0.4, -0.2) is 13.9 Å². The highest BCUT2D eigenvalue weighted by molar-refractivity contribution is 6.69. The van der Waals surface area contributed by atoms with Crippen molar-refractivity contribution >= 4 is 8.32 Å². The lowest BCUT2D eigenvalue weighted by Crippen LogP contribution is -2.37. The van der Waals surface area contributed by atoms with Gasteiger partial charge in [0.1, 0.15) is 5.60 Å². The van der Waals surface area contributed by atoms with Gasteiger partial charge in [0, 0.05) is 0 Å². The molecule has 0 saturated heterocycles. The third kappa shape index (κ3) is 4.60. The van der Waals surface area contributed by atoms with E-state index in [1.165, 1.54) is 0 Å². The van der Waals surface area contributed by atoms with Crippen molar-refractivity contribution in [2.75, 3.05) is 0 Å². The van der Waals surface area contributed by atoms with Gasteiger partial charge in [0.25, 0.3) is 0 Å². The minimum Gasteiger partial charge on any atom is -0.402 e. The summed E-state index contributed by atoms with van der Waals surface area (Å²) in [6, 6.07) is 0. The zero-order chi connectivity index (χ0) is 8.41. The van der Waals surface area contributed by atoms with E-state index in [2.05, 4.69) is 25.6 Å². The third-order valence-electron chi connectivity index (χ3n) is 0.909. The molecule has 0 unspecified atom stereocenters. The van der Waals surface area contributed by atoms with Crippen LogP contribution in [0.3, 0.4) is 0 Å². The Morgan fingerprint density at radius 1 is 1.30 bits per heavy atom.